The van der Waals surface area contributed by atoms with Crippen LogP contribution in [0.2, 0.25) is 0 Å². The maximum absolute atomic E-state index is 13.2. The molecule has 1 aromatic carbocycles. The maximum atomic E-state index is 13.2. The van der Waals surface area contributed by atoms with Crippen LogP contribution in [-0.2, 0) is 14.3 Å². The van der Waals surface area contributed by atoms with E-state index in [0.29, 0.717) is 11.3 Å². The van der Waals surface area contributed by atoms with Gasteiger partial charge in [-0.3, -0.25) is 4.79 Å². The Kier molecular flexibility index (Phi) is 7.09. The van der Waals surface area contributed by atoms with Gasteiger partial charge in [0.25, 0.3) is 0 Å². The maximum Gasteiger partial charge on any atom is 0.338 e. The Balaban J connectivity index is 1.62. The highest BCUT2D eigenvalue weighted by Crippen LogP contribution is 2.45. The number of ether oxygens (including phenoxy) is 2. The lowest BCUT2D eigenvalue weighted by Gasteiger charge is -2.37. The zero-order chi connectivity index (χ0) is 23.5. The molecule has 1 amide bonds. The number of rotatable bonds is 6. The van der Waals surface area contributed by atoms with Gasteiger partial charge in [0.1, 0.15) is 5.75 Å². The molecule has 176 valence electrons. The van der Waals surface area contributed by atoms with E-state index in [2.05, 4.69) is 16.8 Å². The van der Waals surface area contributed by atoms with E-state index in [1.807, 2.05) is 46.4 Å². The predicted molar refractivity (Wildman–Crippen MR) is 129 cm³/mol. The third-order valence-corrected chi connectivity index (χ3v) is 7.23. The molecule has 1 saturated heterocycles. The van der Waals surface area contributed by atoms with E-state index < -0.39 is 12.0 Å². The van der Waals surface area contributed by atoms with E-state index in [9.17, 15) is 9.59 Å². The summed E-state index contributed by atoms with van der Waals surface area (Å²) in [4.78, 5) is 36.9. The molecule has 3 heterocycles. The molecule has 3 aliphatic rings. The number of allylic oxidation sites excluding steroid dienone is 1. The average molecular weight is 471 g/mol. The molecule has 0 bridgehead atoms. The number of fused-ring (bicyclic) bond motifs is 1. The van der Waals surface area contributed by atoms with Crippen LogP contribution in [0.4, 0.5) is 0 Å². The number of hydrogen-bond acceptors (Lipinski definition) is 8. The van der Waals surface area contributed by atoms with Crippen molar-refractivity contribution in [3.05, 3.63) is 52.2 Å². The molecule has 0 radical (unpaired) electrons. The van der Waals surface area contributed by atoms with Crippen LogP contribution in [0, 0.1) is 0 Å². The van der Waals surface area contributed by atoms with Gasteiger partial charge in [0.15, 0.2) is 5.17 Å². The molecule has 1 atom stereocenters. The Labute approximate surface area is 198 Å². The number of aliphatic imine (C=N–C) groups is 1. The van der Waals surface area contributed by atoms with Gasteiger partial charge in [0, 0.05) is 31.9 Å². The second kappa shape index (κ2) is 10.0. The summed E-state index contributed by atoms with van der Waals surface area (Å²) < 4.78 is 10.4. The minimum atomic E-state index is -0.429. The lowest BCUT2D eigenvalue weighted by molar-refractivity contribution is -0.136. The number of thioether (sulfide) groups is 1. The van der Waals surface area contributed by atoms with Crippen molar-refractivity contribution in [1.29, 1.82) is 0 Å². The van der Waals surface area contributed by atoms with Gasteiger partial charge in [0.05, 0.1) is 38.0 Å². The normalized spacial score (nSPS) is 20.9. The first-order valence-electron chi connectivity index (χ1n) is 11.1. The number of likely N-dealkylation sites (N-methyl/N-ethyl adjacent to an activating group) is 1. The number of benzene rings is 1. The number of carbonyl (C=O) groups is 2. The SMILES string of the molecule is CCN1CCN(C(=O)CC2=CSC3=NC(C)=C(C(=O)OC)C(c4ccc(OC)cc4)N23)CC1. The van der Waals surface area contributed by atoms with Crippen LogP contribution >= 0.6 is 11.8 Å². The number of amidine groups is 1. The van der Waals surface area contributed by atoms with Gasteiger partial charge in [0.2, 0.25) is 5.91 Å². The summed E-state index contributed by atoms with van der Waals surface area (Å²) in [5.74, 6) is 0.407. The van der Waals surface area contributed by atoms with Crippen molar-refractivity contribution in [1.82, 2.24) is 14.7 Å². The summed E-state index contributed by atoms with van der Waals surface area (Å²) in [7, 11) is 3.00. The largest absolute Gasteiger partial charge is 0.497 e. The van der Waals surface area contributed by atoms with Gasteiger partial charge in [-0.05, 0) is 36.6 Å². The van der Waals surface area contributed by atoms with Crippen LogP contribution in [0.15, 0.2) is 51.6 Å². The quantitative estimate of drug-likeness (QED) is 0.592. The molecular weight excluding hydrogens is 440 g/mol. The third-order valence-electron chi connectivity index (χ3n) is 6.34. The van der Waals surface area contributed by atoms with E-state index in [-0.39, 0.29) is 12.3 Å². The summed E-state index contributed by atoms with van der Waals surface area (Å²) in [6.45, 7) is 8.24. The number of piperazine rings is 1. The fourth-order valence-corrected chi connectivity index (χ4v) is 5.39. The van der Waals surface area contributed by atoms with E-state index in [0.717, 1.165) is 54.9 Å². The first-order chi connectivity index (χ1) is 16.0. The van der Waals surface area contributed by atoms with Crippen molar-refractivity contribution in [3.8, 4) is 5.75 Å². The fourth-order valence-electron chi connectivity index (χ4n) is 4.42. The van der Waals surface area contributed by atoms with Gasteiger partial charge < -0.3 is 24.2 Å². The van der Waals surface area contributed by atoms with Gasteiger partial charge >= 0.3 is 5.97 Å². The van der Waals surface area contributed by atoms with Crippen LogP contribution in [-0.4, -0.2) is 78.7 Å². The van der Waals surface area contributed by atoms with E-state index in [1.165, 1.54) is 18.9 Å². The molecule has 9 heteroatoms. The molecule has 4 rings (SSSR count). The molecule has 33 heavy (non-hydrogen) atoms. The topological polar surface area (TPSA) is 74.7 Å². The fraction of sp³-hybridized carbons (Fsp3) is 0.458. The van der Waals surface area contributed by atoms with Gasteiger partial charge in [-0.2, -0.15) is 0 Å². The summed E-state index contributed by atoms with van der Waals surface area (Å²) in [5.41, 5.74) is 2.85. The molecule has 3 aliphatic heterocycles. The van der Waals surface area contributed by atoms with Crippen molar-refractivity contribution < 1.29 is 19.1 Å². The number of hydrogen-bond donors (Lipinski definition) is 0. The Bertz CT molecular complexity index is 1010. The molecule has 1 unspecified atom stereocenters. The highest BCUT2D eigenvalue weighted by atomic mass is 32.2. The monoisotopic (exact) mass is 470 g/mol. The molecule has 8 nitrogen and oxygen atoms in total. The summed E-state index contributed by atoms with van der Waals surface area (Å²) in [5, 5.41) is 2.74. The van der Waals surface area contributed by atoms with Gasteiger partial charge in [-0.25, -0.2) is 9.79 Å². The third kappa shape index (κ3) is 4.65. The summed E-state index contributed by atoms with van der Waals surface area (Å²) in [6, 6.07) is 7.19. The molecule has 0 aromatic heterocycles. The molecule has 1 fully saturated rings. The summed E-state index contributed by atoms with van der Waals surface area (Å²) >= 11 is 1.48. The number of esters is 1. The lowest BCUT2D eigenvalue weighted by Crippen LogP contribution is -2.49. The molecule has 1 aromatic rings. The van der Waals surface area contributed by atoms with Crippen molar-refractivity contribution in [2.45, 2.75) is 26.3 Å². The zero-order valence-corrected chi connectivity index (χ0v) is 20.4. The molecular formula is C24H30N4O4S. The van der Waals surface area contributed by atoms with Crippen molar-refractivity contribution in [2.24, 2.45) is 4.99 Å². The predicted octanol–water partition coefficient (Wildman–Crippen LogP) is 3.00. The minimum absolute atomic E-state index is 0.0956. The standard InChI is InChI=1S/C24H30N4O4S/c1-5-26-10-12-27(13-11-26)20(29)14-18-15-33-24-25-16(2)21(23(30)32-4)22(28(18)24)17-6-8-19(31-3)9-7-17/h6-9,15,22H,5,10-14H2,1-4H3. The van der Waals surface area contributed by atoms with Crippen LogP contribution < -0.4 is 4.74 Å². The van der Waals surface area contributed by atoms with Crippen molar-refractivity contribution in [2.75, 3.05) is 46.9 Å². The van der Waals surface area contributed by atoms with Crippen molar-refractivity contribution in [3.63, 3.8) is 0 Å². The van der Waals surface area contributed by atoms with E-state index in [4.69, 9.17) is 9.47 Å². The molecule has 0 saturated carbocycles. The second-order valence-electron chi connectivity index (χ2n) is 8.15. The number of methoxy groups -OCH3 is 2. The van der Waals surface area contributed by atoms with E-state index >= 15 is 0 Å². The number of nitrogens with zero attached hydrogens (tertiary/aromatic N) is 4. The smallest absolute Gasteiger partial charge is 0.338 e. The Morgan fingerprint density at radius 1 is 1.12 bits per heavy atom. The first kappa shape index (κ1) is 23.4. The van der Waals surface area contributed by atoms with Crippen LogP contribution in [0.3, 0.4) is 0 Å². The first-order valence-corrected chi connectivity index (χ1v) is 12.0. The highest BCUT2D eigenvalue weighted by Gasteiger charge is 2.41. The molecule has 0 aliphatic carbocycles. The van der Waals surface area contributed by atoms with Crippen molar-refractivity contribution >= 4 is 28.8 Å². The van der Waals surface area contributed by atoms with Gasteiger partial charge in [-0.15, -0.1) is 0 Å². The Hall–Kier alpha value is -2.78. The number of amides is 1. The highest BCUT2D eigenvalue weighted by molar-refractivity contribution is 8.16. The minimum Gasteiger partial charge on any atom is -0.497 e. The molecule has 0 spiro atoms. The summed E-state index contributed by atoms with van der Waals surface area (Å²) in [6.07, 6.45) is 0.262. The molecule has 0 N–H and O–H groups in total. The van der Waals surface area contributed by atoms with Crippen LogP contribution in [0.25, 0.3) is 0 Å². The van der Waals surface area contributed by atoms with Crippen LogP contribution in [0.1, 0.15) is 31.9 Å². The van der Waals surface area contributed by atoms with E-state index in [1.54, 1.807) is 7.11 Å². The van der Waals surface area contributed by atoms with Crippen LogP contribution in [0.5, 0.6) is 5.75 Å². The Morgan fingerprint density at radius 2 is 1.82 bits per heavy atom. The van der Waals surface area contributed by atoms with Gasteiger partial charge in [-0.1, -0.05) is 30.8 Å². The number of carbonyl (C=O) groups excluding carboxylic acids is 2. The average Bonchev–Trinajstić information content (AvgIpc) is 3.24. The lowest BCUT2D eigenvalue weighted by atomic mass is 9.93. The second-order valence-corrected chi connectivity index (χ2v) is 8.99. The Morgan fingerprint density at radius 3 is 2.42 bits per heavy atom. The zero-order valence-electron chi connectivity index (χ0n) is 19.5.